The van der Waals surface area contributed by atoms with E-state index in [0.717, 1.165) is 6.07 Å². The van der Waals surface area contributed by atoms with Crippen LogP contribution in [0, 0.1) is 5.82 Å². The molecule has 0 saturated carbocycles. The Labute approximate surface area is 258 Å². The van der Waals surface area contributed by atoms with Crippen LogP contribution in [0.1, 0.15) is 5.56 Å². The standard InChI is InChI=1S/C31H22ClF4N5O4/c1-43-25-15-24-26(28-27(25)44-11-12-45-28)29(38-16-37-24)41(18-5-3-2-4-6-18)19-8-10-22(20(32)14-19)39-30(42)40-23-9-7-17(13-21(23)33)31(34,35)36/h2-10,13-16H,11-12H2,1H3,(H2,39,40,42). The summed E-state index contributed by atoms with van der Waals surface area (Å²) in [5, 5.41) is 5.36. The van der Waals surface area contributed by atoms with Crippen LogP contribution in [0.15, 0.2) is 79.1 Å². The van der Waals surface area contributed by atoms with Gasteiger partial charge in [-0.2, -0.15) is 13.2 Å². The monoisotopic (exact) mass is 639 g/mol. The molecule has 0 bridgehead atoms. The summed E-state index contributed by atoms with van der Waals surface area (Å²) in [5.41, 5.74) is 0.342. The lowest BCUT2D eigenvalue weighted by Crippen LogP contribution is -2.21. The number of nitrogens with one attached hydrogen (secondary N) is 2. The molecule has 2 heterocycles. The number of anilines is 5. The summed E-state index contributed by atoms with van der Waals surface area (Å²) in [6.45, 7) is 0.642. The highest BCUT2D eigenvalue weighted by Gasteiger charge is 2.31. The first-order valence-electron chi connectivity index (χ1n) is 13.3. The fourth-order valence-corrected chi connectivity index (χ4v) is 5.02. The number of para-hydroxylation sites is 1. The van der Waals surface area contributed by atoms with Gasteiger partial charge in [-0.05, 0) is 48.5 Å². The zero-order chi connectivity index (χ0) is 31.7. The highest BCUT2D eigenvalue weighted by molar-refractivity contribution is 6.34. The number of aromatic nitrogens is 2. The number of benzene rings is 4. The van der Waals surface area contributed by atoms with Gasteiger partial charge in [-0.1, -0.05) is 29.8 Å². The van der Waals surface area contributed by atoms with E-state index in [1.165, 1.54) is 19.5 Å². The van der Waals surface area contributed by atoms with Crippen LogP contribution in [0.4, 0.5) is 50.9 Å². The number of alkyl halides is 3. The van der Waals surface area contributed by atoms with Crippen LogP contribution in [0.5, 0.6) is 17.2 Å². The molecule has 230 valence electrons. The van der Waals surface area contributed by atoms with Crippen molar-refractivity contribution in [2.75, 3.05) is 35.9 Å². The summed E-state index contributed by atoms with van der Waals surface area (Å²) in [6.07, 6.45) is -3.32. The summed E-state index contributed by atoms with van der Waals surface area (Å²) >= 11 is 6.61. The van der Waals surface area contributed by atoms with Gasteiger partial charge >= 0.3 is 12.2 Å². The molecular weight excluding hydrogens is 618 g/mol. The molecule has 0 atom stereocenters. The Morgan fingerprint density at radius 3 is 2.31 bits per heavy atom. The van der Waals surface area contributed by atoms with Gasteiger partial charge in [0.25, 0.3) is 0 Å². The molecule has 0 unspecified atom stereocenters. The van der Waals surface area contributed by atoms with E-state index in [4.69, 9.17) is 25.8 Å². The third-order valence-electron chi connectivity index (χ3n) is 6.81. The summed E-state index contributed by atoms with van der Waals surface area (Å²) < 4.78 is 70.3. The minimum atomic E-state index is -4.73. The molecule has 1 aromatic heterocycles. The van der Waals surface area contributed by atoms with Gasteiger partial charge in [0.1, 0.15) is 25.4 Å². The number of amides is 2. The predicted octanol–water partition coefficient (Wildman–Crippen LogP) is 8.33. The molecule has 0 radical (unpaired) electrons. The number of carbonyl (C=O) groups is 1. The average Bonchev–Trinajstić information content (AvgIpc) is 3.03. The van der Waals surface area contributed by atoms with Crippen molar-refractivity contribution in [3.8, 4) is 17.2 Å². The lowest BCUT2D eigenvalue weighted by atomic mass is 10.1. The second-order valence-corrected chi connectivity index (χ2v) is 10.0. The third kappa shape index (κ3) is 5.94. The Morgan fingerprint density at radius 2 is 1.62 bits per heavy atom. The molecule has 2 N–H and O–H groups in total. The average molecular weight is 640 g/mol. The Hall–Kier alpha value is -5.30. The van der Waals surface area contributed by atoms with Crippen LogP contribution in [0.25, 0.3) is 10.9 Å². The van der Waals surface area contributed by atoms with Crippen LogP contribution in [0.3, 0.4) is 0 Å². The van der Waals surface area contributed by atoms with Gasteiger partial charge < -0.3 is 24.8 Å². The van der Waals surface area contributed by atoms with Gasteiger partial charge in [0, 0.05) is 17.4 Å². The zero-order valence-electron chi connectivity index (χ0n) is 23.3. The van der Waals surface area contributed by atoms with Crippen molar-refractivity contribution in [2.24, 2.45) is 0 Å². The second-order valence-electron chi connectivity index (χ2n) is 9.63. The van der Waals surface area contributed by atoms with E-state index in [1.54, 1.807) is 18.2 Å². The number of rotatable bonds is 6. The van der Waals surface area contributed by atoms with Gasteiger partial charge in [0.2, 0.25) is 5.75 Å². The molecule has 0 fully saturated rings. The van der Waals surface area contributed by atoms with Crippen molar-refractivity contribution < 1.29 is 36.6 Å². The van der Waals surface area contributed by atoms with Crippen LogP contribution < -0.4 is 29.7 Å². The van der Waals surface area contributed by atoms with E-state index < -0.39 is 29.3 Å². The number of fused-ring (bicyclic) bond motifs is 3. The SMILES string of the molecule is COc1cc2ncnc(N(c3ccccc3)c3ccc(NC(=O)Nc4ccc(C(F)(F)F)cc4F)c(Cl)c3)c2c2c1OCCO2. The second kappa shape index (κ2) is 12.0. The van der Waals surface area contributed by atoms with Gasteiger partial charge in [-0.15, -0.1) is 0 Å². The smallest absolute Gasteiger partial charge is 0.416 e. The topological polar surface area (TPSA) is 97.8 Å². The summed E-state index contributed by atoms with van der Waals surface area (Å²) in [6, 6.07) is 16.7. The van der Waals surface area contributed by atoms with Crippen LogP contribution in [-0.2, 0) is 6.18 Å². The van der Waals surface area contributed by atoms with Crippen LogP contribution in [0.2, 0.25) is 5.02 Å². The molecule has 6 rings (SSSR count). The number of methoxy groups -OCH3 is 1. The highest BCUT2D eigenvalue weighted by Crippen LogP contribution is 2.49. The summed E-state index contributed by atoms with van der Waals surface area (Å²) in [7, 11) is 1.52. The molecule has 45 heavy (non-hydrogen) atoms. The number of carbonyl (C=O) groups excluding carboxylic acids is 1. The number of nitrogens with zero attached hydrogens (tertiary/aromatic N) is 3. The lowest BCUT2D eigenvalue weighted by Gasteiger charge is -2.28. The first-order chi connectivity index (χ1) is 21.6. The number of hydrogen-bond acceptors (Lipinski definition) is 7. The molecule has 14 heteroatoms. The zero-order valence-corrected chi connectivity index (χ0v) is 24.0. The van der Waals surface area contributed by atoms with Crippen molar-refractivity contribution >= 4 is 57.1 Å². The van der Waals surface area contributed by atoms with Crippen molar-refractivity contribution in [3.63, 3.8) is 0 Å². The van der Waals surface area contributed by atoms with E-state index in [2.05, 4.69) is 20.6 Å². The maximum Gasteiger partial charge on any atom is 0.416 e. The van der Waals surface area contributed by atoms with Gasteiger partial charge in [-0.25, -0.2) is 19.2 Å². The molecular formula is C31H22ClF4N5O4. The third-order valence-corrected chi connectivity index (χ3v) is 7.12. The maximum absolute atomic E-state index is 14.3. The first-order valence-corrected chi connectivity index (χ1v) is 13.7. The number of hydrogen-bond donors (Lipinski definition) is 2. The number of halogens is 5. The van der Waals surface area contributed by atoms with E-state index in [-0.39, 0.29) is 10.7 Å². The molecule has 5 aromatic rings. The Balaban J connectivity index is 1.35. The van der Waals surface area contributed by atoms with Crippen molar-refractivity contribution in [3.05, 3.63) is 95.5 Å². The fraction of sp³-hybridized carbons (Fsp3) is 0.129. The predicted molar refractivity (Wildman–Crippen MR) is 161 cm³/mol. The van der Waals surface area contributed by atoms with Crippen molar-refractivity contribution in [1.29, 1.82) is 0 Å². The first kappa shape index (κ1) is 29.8. The normalized spacial score (nSPS) is 12.5. The minimum absolute atomic E-state index is 0.109. The number of ether oxygens (including phenoxy) is 3. The molecule has 1 aliphatic heterocycles. The quantitative estimate of drug-likeness (QED) is 0.180. The van der Waals surface area contributed by atoms with Gasteiger partial charge in [0.05, 0.1) is 40.0 Å². The fourth-order valence-electron chi connectivity index (χ4n) is 4.80. The summed E-state index contributed by atoms with van der Waals surface area (Å²) in [4.78, 5) is 23.5. The van der Waals surface area contributed by atoms with Crippen LogP contribution in [-0.4, -0.2) is 36.3 Å². The van der Waals surface area contributed by atoms with E-state index in [9.17, 15) is 22.4 Å². The molecule has 2 amide bonds. The Morgan fingerprint density at radius 1 is 0.911 bits per heavy atom. The largest absolute Gasteiger partial charge is 0.493 e. The lowest BCUT2D eigenvalue weighted by molar-refractivity contribution is -0.137. The molecule has 4 aromatic carbocycles. The maximum atomic E-state index is 14.3. The Kier molecular flexibility index (Phi) is 7.94. The molecule has 9 nitrogen and oxygen atoms in total. The number of urea groups is 1. The molecule has 0 spiro atoms. The molecule has 0 aliphatic carbocycles. The van der Waals surface area contributed by atoms with E-state index >= 15 is 0 Å². The molecule has 1 aliphatic rings. The van der Waals surface area contributed by atoms with Gasteiger partial charge in [-0.3, -0.25) is 4.90 Å². The summed E-state index contributed by atoms with van der Waals surface area (Å²) in [5.74, 6) is 0.507. The van der Waals surface area contributed by atoms with Crippen LogP contribution >= 0.6 is 11.6 Å². The molecule has 0 saturated heterocycles. The van der Waals surface area contributed by atoms with E-state index in [0.29, 0.717) is 70.7 Å². The van der Waals surface area contributed by atoms with E-state index in [1.807, 2.05) is 35.2 Å². The highest BCUT2D eigenvalue weighted by atomic mass is 35.5. The Bertz CT molecular complexity index is 1910. The van der Waals surface area contributed by atoms with Gasteiger partial charge in [0.15, 0.2) is 17.3 Å². The van der Waals surface area contributed by atoms with Crippen molar-refractivity contribution in [1.82, 2.24) is 9.97 Å². The minimum Gasteiger partial charge on any atom is -0.493 e. The van der Waals surface area contributed by atoms with Crippen molar-refractivity contribution in [2.45, 2.75) is 6.18 Å².